The lowest BCUT2D eigenvalue weighted by atomic mass is 9.75. The van der Waals surface area contributed by atoms with Gasteiger partial charge in [0.05, 0.1) is 14.2 Å². The third kappa shape index (κ3) is 6.40. The van der Waals surface area contributed by atoms with Gasteiger partial charge in [-0.1, -0.05) is 25.8 Å². The molecule has 0 bridgehead atoms. The summed E-state index contributed by atoms with van der Waals surface area (Å²) in [5.74, 6) is 3.07. The Hall–Kier alpha value is -1.22. The van der Waals surface area contributed by atoms with Crippen LogP contribution in [0.3, 0.4) is 0 Å². The second-order valence-electron chi connectivity index (χ2n) is 7.79. The molecule has 1 aromatic rings. The van der Waals surface area contributed by atoms with Crippen molar-refractivity contribution in [3.8, 4) is 11.5 Å². The third-order valence-electron chi connectivity index (χ3n) is 5.73. The minimum Gasteiger partial charge on any atom is -0.493 e. The van der Waals surface area contributed by atoms with Crippen LogP contribution in [0.15, 0.2) is 23.2 Å². The lowest BCUT2D eigenvalue weighted by Crippen LogP contribution is -2.56. The highest BCUT2D eigenvalue weighted by Crippen LogP contribution is 2.35. The van der Waals surface area contributed by atoms with E-state index >= 15 is 0 Å². The monoisotopic (exact) mass is 504 g/mol. The summed E-state index contributed by atoms with van der Waals surface area (Å²) in [6.45, 7) is 3.93. The Morgan fingerprint density at radius 1 is 1.21 bits per heavy atom. The molecule has 6 nitrogen and oxygen atoms in total. The number of nitrogens with zero attached hydrogens (tertiary/aromatic N) is 2. The molecule has 2 unspecified atom stereocenters. The van der Waals surface area contributed by atoms with Crippen molar-refractivity contribution in [1.82, 2.24) is 15.5 Å². The van der Waals surface area contributed by atoms with Gasteiger partial charge in [-0.15, -0.1) is 24.0 Å². The minimum atomic E-state index is 0. The van der Waals surface area contributed by atoms with E-state index in [1.54, 1.807) is 14.2 Å². The Morgan fingerprint density at radius 2 is 1.93 bits per heavy atom. The maximum Gasteiger partial charge on any atom is 0.191 e. The third-order valence-corrected chi connectivity index (χ3v) is 5.73. The summed E-state index contributed by atoms with van der Waals surface area (Å²) in [4.78, 5) is 6.78. The van der Waals surface area contributed by atoms with Gasteiger partial charge in [-0.3, -0.25) is 4.99 Å². The number of nitrogens with one attached hydrogen (secondary N) is 2. The summed E-state index contributed by atoms with van der Waals surface area (Å²) in [6, 6.07) is 5.95. The number of guanidine groups is 1. The molecule has 1 aliphatic rings. The lowest BCUT2D eigenvalue weighted by molar-refractivity contribution is 0.0795. The van der Waals surface area contributed by atoms with Gasteiger partial charge in [-0.05, 0) is 50.6 Å². The van der Waals surface area contributed by atoms with Crippen molar-refractivity contribution in [2.45, 2.75) is 44.7 Å². The van der Waals surface area contributed by atoms with Crippen molar-refractivity contribution >= 4 is 29.9 Å². The number of hydrogen-bond acceptors (Lipinski definition) is 4. The molecule has 0 aromatic heterocycles. The minimum absolute atomic E-state index is 0. The van der Waals surface area contributed by atoms with Gasteiger partial charge in [-0.25, -0.2) is 0 Å². The first-order valence-corrected chi connectivity index (χ1v) is 9.77. The average Bonchev–Trinajstić information content (AvgIpc) is 2.67. The summed E-state index contributed by atoms with van der Waals surface area (Å²) >= 11 is 0. The van der Waals surface area contributed by atoms with E-state index in [2.05, 4.69) is 41.5 Å². The van der Waals surface area contributed by atoms with E-state index in [4.69, 9.17) is 9.47 Å². The van der Waals surface area contributed by atoms with Crippen LogP contribution in [-0.4, -0.2) is 58.3 Å². The van der Waals surface area contributed by atoms with Gasteiger partial charge in [0, 0.05) is 25.7 Å². The van der Waals surface area contributed by atoms with E-state index in [0.29, 0.717) is 6.54 Å². The van der Waals surface area contributed by atoms with E-state index in [0.717, 1.165) is 35.5 Å². The Balaban J connectivity index is 0.00000392. The standard InChI is InChI=1S/C21H36N4O2.HI/c1-16-8-7-11-21(13-16,25(3)4)15-24-20(22-2)23-14-17-9-10-18(26-5)19(12-17)27-6;/h9-10,12,16H,7-8,11,13-15H2,1-6H3,(H2,22,23,24);1H. The van der Waals surface area contributed by atoms with Crippen LogP contribution in [0.4, 0.5) is 0 Å². The van der Waals surface area contributed by atoms with Crippen LogP contribution < -0.4 is 20.1 Å². The fraction of sp³-hybridized carbons (Fsp3) is 0.667. The zero-order chi connectivity index (χ0) is 19.9. The summed E-state index contributed by atoms with van der Waals surface area (Å²) in [6.07, 6.45) is 5.07. The van der Waals surface area contributed by atoms with Gasteiger partial charge in [0.15, 0.2) is 17.5 Å². The molecule has 2 rings (SSSR count). The molecule has 2 N–H and O–H groups in total. The van der Waals surface area contributed by atoms with Gasteiger partial charge in [-0.2, -0.15) is 0 Å². The number of halogens is 1. The molecule has 2 atom stereocenters. The van der Waals surface area contributed by atoms with E-state index in [-0.39, 0.29) is 29.5 Å². The maximum absolute atomic E-state index is 5.38. The topological polar surface area (TPSA) is 58.1 Å². The molecule has 160 valence electrons. The number of likely N-dealkylation sites (N-methyl/N-ethyl adjacent to an activating group) is 1. The van der Waals surface area contributed by atoms with Gasteiger partial charge in [0.25, 0.3) is 0 Å². The predicted octanol–water partition coefficient (Wildman–Crippen LogP) is 3.50. The molecular weight excluding hydrogens is 467 g/mol. The van der Waals surface area contributed by atoms with Crippen LogP contribution in [0.5, 0.6) is 11.5 Å². The zero-order valence-electron chi connectivity index (χ0n) is 18.2. The molecule has 1 aromatic carbocycles. The number of aliphatic imine (C=N–C) groups is 1. The zero-order valence-corrected chi connectivity index (χ0v) is 20.5. The molecule has 0 aliphatic heterocycles. The highest BCUT2D eigenvalue weighted by atomic mass is 127. The van der Waals surface area contributed by atoms with Crippen molar-refractivity contribution in [1.29, 1.82) is 0 Å². The summed E-state index contributed by atoms with van der Waals surface area (Å²) < 4.78 is 10.7. The van der Waals surface area contributed by atoms with E-state index in [1.165, 1.54) is 25.7 Å². The Morgan fingerprint density at radius 3 is 2.50 bits per heavy atom. The highest BCUT2D eigenvalue weighted by molar-refractivity contribution is 14.0. The van der Waals surface area contributed by atoms with Crippen LogP contribution in [0, 0.1) is 5.92 Å². The molecule has 1 fully saturated rings. The second-order valence-corrected chi connectivity index (χ2v) is 7.79. The Bertz CT molecular complexity index is 639. The summed E-state index contributed by atoms with van der Waals surface area (Å²) in [7, 11) is 9.50. The SMILES string of the molecule is CN=C(NCc1ccc(OC)c(OC)c1)NCC1(N(C)C)CCCC(C)C1.I. The molecule has 28 heavy (non-hydrogen) atoms. The highest BCUT2D eigenvalue weighted by Gasteiger charge is 2.36. The molecule has 0 heterocycles. The van der Waals surface area contributed by atoms with Crippen LogP contribution in [0.25, 0.3) is 0 Å². The van der Waals surface area contributed by atoms with Gasteiger partial charge < -0.3 is 25.0 Å². The van der Waals surface area contributed by atoms with Crippen LogP contribution in [0.1, 0.15) is 38.2 Å². The first-order valence-electron chi connectivity index (χ1n) is 9.77. The van der Waals surface area contributed by atoms with Crippen LogP contribution >= 0.6 is 24.0 Å². The molecule has 0 amide bonds. The molecule has 0 saturated heterocycles. The largest absolute Gasteiger partial charge is 0.493 e. The second kappa shape index (κ2) is 11.7. The van der Waals surface area contributed by atoms with E-state index in [1.807, 2.05) is 25.2 Å². The quantitative estimate of drug-likeness (QED) is 0.338. The number of rotatable bonds is 7. The summed E-state index contributed by atoms with van der Waals surface area (Å²) in [5.41, 5.74) is 1.31. The Kier molecular flexibility index (Phi) is 10.4. The van der Waals surface area contributed by atoms with Crippen molar-refractivity contribution in [3.63, 3.8) is 0 Å². The molecule has 7 heteroatoms. The number of methoxy groups -OCH3 is 2. The first-order chi connectivity index (χ1) is 12.9. The lowest BCUT2D eigenvalue weighted by Gasteiger charge is -2.45. The molecule has 1 aliphatic carbocycles. The fourth-order valence-electron chi connectivity index (χ4n) is 4.00. The van der Waals surface area contributed by atoms with Crippen molar-refractivity contribution in [3.05, 3.63) is 23.8 Å². The number of hydrogen-bond donors (Lipinski definition) is 2. The van der Waals surface area contributed by atoms with Gasteiger partial charge in [0.2, 0.25) is 0 Å². The normalized spacial score (nSPS) is 22.4. The smallest absolute Gasteiger partial charge is 0.191 e. The number of benzene rings is 1. The van der Waals surface area contributed by atoms with Crippen molar-refractivity contribution in [2.75, 3.05) is 41.9 Å². The van der Waals surface area contributed by atoms with Gasteiger partial charge in [0.1, 0.15) is 0 Å². The number of ether oxygens (including phenoxy) is 2. The molecule has 0 radical (unpaired) electrons. The van der Waals surface area contributed by atoms with Crippen LogP contribution in [-0.2, 0) is 6.54 Å². The van der Waals surface area contributed by atoms with Crippen LogP contribution in [0.2, 0.25) is 0 Å². The summed E-state index contributed by atoms with van der Waals surface area (Å²) in [5, 5.41) is 6.95. The van der Waals surface area contributed by atoms with Crippen molar-refractivity contribution < 1.29 is 9.47 Å². The molecule has 1 saturated carbocycles. The Labute approximate surface area is 187 Å². The first kappa shape index (κ1) is 24.8. The van der Waals surface area contributed by atoms with E-state index < -0.39 is 0 Å². The molecular formula is C21H37IN4O2. The predicted molar refractivity (Wildman–Crippen MR) is 127 cm³/mol. The fourth-order valence-corrected chi connectivity index (χ4v) is 4.00. The maximum atomic E-state index is 5.38. The van der Waals surface area contributed by atoms with Gasteiger partial charge >= 0.3 is 0 Å². The molecule has 0 spiro atoms. The average molecular weight is 504 g/mol. The van der Waals surface area contributed by atoms with E-state index in [9.17, 15) is 0 Å². The van der Waals surface area contributed by atoms with Crippen molar-refractivity contribution in [2.24, 2.45) is 10.9 Å².